The van der Waals surface area contributed by atoms with Crippen molar-refractivity contribution >= 4 is 33.2 Å². The highest BCUT2D eigenvalue weighted by atomic mass is 32.2. The molecule has 2 aromatic rings. The molecule has 2 heterocycles. The van der Waals surface area contributed by atoms with E-state index in [4.69, 9.17) is 0 Å². The molecule has 1 amide bonds. The molecular weight excluding hydrogens is 388 g/mol. The highest BCUT2D eigenvalue weighted by molar-refractivity contribution is 7.91. The van der Waals surface area contributed by atoms with Crippen LogP contribution in [-0.4, -0.2) is 62.8 Å². The molecule has 7 nitrogen and oxygen atoms in total. The minimum absolute atomic E-state index is 0.185. The molecule has 9 heteroatoms. The molecule has 1 aliphatic rings. The van der Waals surface area contributed by atoms with E-state index in [0.29, 0.717) is 28.4 Å². The monoisotopic (exact) mass is 408 g/mol. The van der Waals surface area contributed by atoms with Gasteiger partial charge in [-0.3, -0.25) is 4.79 Å². The largest absolute Gasteiger partial charge is 0.465 e. The molecule has 144 valence electrons. The molecule has 0 bridgehead atoms. The zero-order chi connectivity index (χ0) is 19.6. The second-order valence-electron chi connectivity index (χ2n) is 6.13. The topological polar surface area (TPSA) is 84.0 Å². The first-order valence-electron chi connectivity index (χ1n) is 8.37. The van der Waals surface area contributed by atoms with Crippen molar-refractivity contribution in [3.8, 4) is 0 Å². The van der Waals surface area contributed by atoms with Gasteiger partial charge in [0.05, 0.1) is 12.7 Å². The minimum Gasteiger partial charge on any atom is -0.465 e. The highest BCUT2D eigenvalue weighted by Gasteiger charge is 2.31. The van der Waals surface area contributed by atoms with Gasteiger partial charge in [0, 0.05) is 36.6 Å². The van der Waals surface area contributed by atoms with Gasteiger partial charge in [0.1, 0.15) is 4.21 Å². The number of nitrogens with zero attached hydrogens (tertiary/aromatic N) is 2. The van der Waals surface area contributed by atoms with E-state index in [2.05, 4.69) is 4.74 Å². The number of carbonyl (C=O) groups is 2. The summed E-state index contributed by atoms with van der Waals surface area (Å²) in [5.41, 5.74) is 0.823. The number of carbonyl (C=O) groups excluding carboxylic acids is 2. The number of sulfonamides is 1. The van der Waals surface area contributed by atoms with Gasteiger partial charge in [0.15, 0.2) is 0 Å². The van der Waals surface area contributed by atoms with E-state index in [-0.39, 0.29) is 19.0 Å². The van der Waals surface area contributed by atoms with E-state index in [9.17, 15) is 18.0 Å². The fourth-order valence-electron chi connectivity index (χ4n) is 2.86. The van der Waals surface area contributed by atoms with Gasteiger partial charge in [0.2, 0.25) is 0 Å². The lowest BCUT2D eigenvalue weighted by atomic mass is 10.1. The second-order valence-corrected chi connectivity index (χ2v) is 9.58. The van der Waals surface area contributed by atoms with Crippen molar-refractivity contribution < 1.29 is 22.7 Å². The normalized spacial score (nSPS) is 15.6. The van der Waals surface area contributed by atoms with Gasteiger partial charge in [-0.2, -0.15) is 4.31 Å². The summed E-state index contributed by atoms with van der Waals surface area (Å²) in [7, 11) is -2.21. The third-order valence-corrected chi connectivity index (χ3v) is 7.76. The Morgan fingerprint density at radius 2 is 1.56 bits per heavy atom. The number of methoxy groups -OCH3 is 1. The van der Waals surface area contributed by atoms with Crippen LogP contribution >= 0.6 is 11.3 Å². The first kappa shape index (κ1) is 19.5. The van der Waals surface area contributed by atoms with E-state index in [1.807, 2.05) is 6.92 Å². The summed E-state index contributed by atoms with van der Waals surface area (Å²) < 4.78 is 31.7. The average Bonchev–Trinajstić information content (AvgIpc) is 3.14. The van der Waals surface area contributed by atoms with Crippen LogP contribution in [0.15, 0.2) is 40.6 Å². The van der Waals surface area contributed by atoms with Crippen LogP contribution in [0.4, 0.5) is 0 Å². The van der Waals surface area contributed by atoms with Gasteiger partial charge in [-0.05, 0) is 43.3 Å². The fourth-order valence-corrected chi connectivity index (χ4v) is 5.72. The van der Waals surface area contributed by atoms with Crippen LogP contribution in [0, 0.1) is 6.92 Å². The standard InChI is InChI=1S/C18H20N2O5S2/c1-13-3-8-16(26-13)27(23,24)20-11-9-19(10-12-20)17(21)14-4-6-15(7-5-14)18(22)25-2/h3-8H,9-12H2,1-2H3. The molecule has 1 fully saturated rings. The lowest BCUT2D eigenvalue weighted by Crippen LogP contribution is -2.50. The predicted octanol–water partition coefficient (Wildman–Crippen LogP) is 1.99. The summed E-state index contributed by atoms with van der Waals surface area (Å²) in [5.74, 6) is -0.646. The Balaban J connectivity index is 1.65. The number of thiophene rings is 1. The Kier molecular flexibility index (Phi) is 5.64. The summed E-state index contributed by atoms with van der Waals surface area (Å²) in [6.07, 6.45) is 0. The van der Waals surface area contributed by atoms with Crippen molar-refractivity contribution in [2.75, 3.05) is 33.3 Å². The first-order valence-corrected chi connectivity index (χ1v) is 10.6. The highest BCUT2D eigenvalue weighted by Crippen LogP contribution is 2.25. The number of ether oxygens (including phenoxy) is 1. The molecule has 1 aromatic carbocycles. The quantitative estimate of drug-likeness (QED) is 0.723. The van der Waals surface area contributed by atoms with Gasteiger partial charge in [0.25, 0.3) is 15.9 Å². The lowest BCUT2D eigenvalue weighted by Gasteiger charge is -2.33. The summed E-state index contributed by atoms with van der Waals surface area (Å²) in [4.78, 5) is 26.7. The maximum absolute atomic E-state index is 12.7. The summed E-state index contributed by atoms with van der Waals surface area (Å²) >= 11 is 1.25. The van der Waals surface area contributed by atoms with Gasteiger partial charge < -0.3 is 9.64 Å². The molecule has 0 unspecified atom stereocenters. The van der Waals surface area contributed by atoms with Crippen molar-refractivity contribution in [3.05, 3.63) is 52.4 Å². The molecule has 0 saturated carbocycles. The molecule has 3 rings (SSSR count). The summed E-state index contributed by atoms with van der Waals surface area (Å²) in [6.45, 7) is 3.02. The third kappa shape index (κ3) is 4.05. The molecule has 0 atom stereocenters. The van der Waals surface area contributed by atoms with Crippen LogP contribution in [0.2, 0.25) is 0 Å². The Hall–Kier alpha value is -2.23. The second kappa shape index (κ2) is 7.79. The molecular formula is C18H20N2O5S2. The SMILES string of the molecule is COC(=O)c1ccc(C(=O)N2CCN(S(=O)(=O)c3ccc(C)s3)CC2)cc1. The molecule has 1 saturated heterocycles. The fraction of sp³-hybridized carbons (Fsp3) is 0.333. The predicted molar refractivity (Wildman–Crippen MR) is 101 cm³/mol. The van der Waals surface area contributed by atoms with Crippen molar-refractivity contribution in [1.29, 1.82) is 0 Å². The lowest BCUT2D eigenvalue weighted by molar-refractivity contribution is 0.0599. The molecule has 1 aromatic heterocycles. The summed E-state index contributed by atoms with van der Waals surface area (Å²) in [6, 6.07) is 9.64. The van der Waals surface area contributed by atoms with Crippen LogP contribution < -0.4 is 0 Å². The molecule has 0 spiro atoms. The molecule has 1 aliphatic heterocycles. The number of esters is 1. The van der Waals surface area contributed by atoms with Crippen molar-refractivity contribution in [2.45, 2.75) is 11.1 Å². The zero-order valence-electron chi connectivity index (χ0n) is 15.0. The van der Waals surface area contributed by atoms with E-state index >= 15 is 0 Å². The zero-order valence-corrected chi connectivity index (χ0v) is 16.7. The number of benzene rings is 1. The van der Waals surface area contributed by atoms with Crippen molar-refractivity contribution in [3.63, 3.8) is 0 Å². The number of aryl methyl sites for hydroxylation is 1. The smallest absolute Gasteiger partial charge is 0.337 e. The van der Waals surface area contributed by atoms with E-state index < -0.39 is 16.0 Å². The van der Waals surface area contributed by atoms with Crippen molar-refractivity contribution in [2.24, 2.45) is 0 Å². The summed E-state index contributed by atoms with van der Waals surface area (Å²) in [5, 5.41) is 0. The van der Waals surface area contributed by atoms with Crippen molar-refractivity contribution in [1.82, 2.24) is 9.21 Å². The minimum atomic E-state index is -3.51. The van der Waals surface area contributed by atoms with Crippen LogP contribution in [0.25, 0.3) is 0 Å². The van der Waals surface area contributed by atoms with Gasteiger partial charge in [-0.15, -0.1) is 11.3 Å². The third-order valence-electron chi connectivity index (χ3n) is 4.39. The van der Waals surface area contributed by atoms with Crippen LogP contribution in [0.5, 0.6) is 0 Å². The number of rotatable bonds is 4. The van der Waals surface area contributed by atoms with Gasteiger partial charge in [-0.1, -0.05) is 0 Å². The number of amides is 1. The van der Waals surface area contributed by atoms with E-state index in [1.165, 1.54) is 22.8 Å². The maximum Gasteiger partial charge on any atom is 0.337 e. The molecule has 0 aliphatic carbocycles. The number of hydrogen-bond donors (Lipinski definition) is 0. The molecule has 0 N–H and O–H groups in total. The van der Waals surface area contributed by atoms with Crippen LogP contribution in [-0.2, 0) is 14.8 Å². The molecule has 0 radical (unpaired) electrons. The maximum atomic E-state index is 12.7. The number of hydrogen-bond acceptors (Lipinski definition) is 6. The first-order chi connectivity index (χ1) is 12.8. The van der Waals surface area contributed by atoms with Crippen LogP contribution in [0.1, 0.15) is 25.6 Å². The average molecular weight is 409 g/mol. The Morgan fingerprint density at radius 1 is 0.963 bits per heavy atom. The van der Waals surface area contributed by atoms with Crippen LogP contribution in [0.3, 0.4) is 0 Å². The number of piperazine rings is 1. The Labute approximate surface area is 162 Å². The van der Waals surface area contributed by atoms with Gasteiger partial charge >= 0.3 is 5.97 Å². The Morgan fingerprint density at radius 3 is 2.07 bits per heavy atom. The van der Waals surface area contributed by atoms with Gasteiger partial charge in [-0.25, -0.2) is 13.2 Å². The molecule has 27 heavy (non-hydrogen) atoms. The Bertz CT molecular complexity index is 942. The van der Waals surface area contributed by atoms with E-state index in [0.717, 1.165) is 4.88 Å². The van der Waals surface area contributed by atoms with E-state index in [1.54, 1.807) is 41.3 Å².